The molecule has 0 heterocycles. The van der Waals surface area contributed by atoms with Gasteiger partial charge in [-0.3, -0.25) is 0 Å². The molecule has 362 valence electrons. The molecule has 9 rings (SSSR count). The van der Waals surface area contributed by atoms with Crippen molar-refractivity contribution in [2.75, 3.05) is 0 Å². The Kier molecular flexibility index (Phi) is 16.1. The van der Waals surface area contributed by atoms with Crippen LogP contribution in [0.25, 0.3) is 33.4 Å². The first-order valence-electron chi connectivity index (χ1n) is 26.7. The lowest BCUT2D eigenvalue weighted by atomic mass is 9.69. The fourth-order valence-corrected chi connectivity index (χ4v) is 16.9. The second-order valence-corrected chi connectivity index (χ2v) is 25.7. The molecule has 8 aromatic rings. The van der Waals surface area contributed by atoms with E-state index in [9.17, 15) is 0 Å². The molecule has 71 heavy (non-hydrogen) atoms. The van der Waals surface area contributed by atoms with Crippen molar-refractivity contribution in [2.24, 2.45) is 0 Å². The number of fused-ring (bicyclic) bond motifs is 3. The Bertz CT molecular complexity index is 2800. The van der Waals surface area contributed by atoms with Gasteiger partial charge in [-0.2, -0.15) is 0 Å². The molecule has 0 amide bonds. The summed E-state index contributed by atoms with van der Waals surface area (Å²) in [5.74, 6) is 0. The second-order valence-electron chi connectivity index (χ2n) is 20.2. The topological polar surface area (TPSA) is 34.1 Å². The highest BCUT2D eigenvalue weighted by Gasteiger charge is 2.43. The highest BCUT2D eigenvalue weighted by molar-refractivity contribution is 7.85. The molecule has 0 N–H and O–H groups in total. The molecule has 1 aliphatic rings. The van der Waals surface area contributed by atoms with E-state index in [0.717, 1.165) is 55.8 Å². The molecule has 0 radical (unpaired) electrons. The van der Waals surface area contributed by atoms with Gasteiger partial charge in [0.1, 0.15) is 0 Å². The van der Waals surface area contributed by atoms with E-state index in [1.165, 1.54) is 122 Å². The van der Waals surface area contributed by atoms with Gasteiger partial charge in [0, 0.05) is 37.2 Å². The first-order chi connectivity index (χ1) is 34.7. The van der Waals surface area contributed by atoms with E-state index < -0.39 is 14.3 Å². The summed E-state index contributed by atoms with van der Waals surface area (Å²) in [5.41, 5.74) is 12.9. The Hall–Kier alpha value is -5.78. The van der Waals surface area contributed by atoms with Crippen LogP contribution in [0.4, 0.5) is 0 Å². The van der Waals surface area contributed by atoms with Crippen LogP contribution in [0, 0.1) is 13.8 Å². The number of aryl methyl sites for hydroxylation is 2. The monoisotopic (exact) mass is 971 g/mol. The zero-order valence-electron chi connectivity index (χ0n) is 42.6. The third kappa shape index (κ3) is 10.2. The van der Waals surface area contributed by atoms with E-state index >= 15 is 9.13 Å². The van der Waals surface area contributed by atoms with Gasteiger partial charge in [0.15, 0.2) is 14.3 Å². The van der Waals surface area contributed by atoms with Crippen molar-refractivity contribution < 1.29 is 9.13 Å². The maximum absolute atomic E-state index is 15.4. The van der Waals surface area contributed by atoms with Crippen LogP contribution in [0.1, 0.15) is 126 Å². The van der Waals surface area contributed by atoms with Gasteiger partial charge in [-0.05, 0) is 94.5 Å². The van der Waals surface area contributed by atoms with Crippen molar-refractivity contribution in [3.63, 3.8) is 0 Å². The molecular weight excluding hydrogens is 899 g/mol. The largest absolute Gasteiger partial charge is 0.309 e. The predicted molar refractivity (Wildman–Crippen MR) is 308 cm³/mol. The van der Waals surface area contributed by atoms with Crippen molar-refractivity contribution >= 4 is 46.1 Å². The summed E-state index contributed by atoms with van der Waals surface area (Å²) in [6.45, 7) is 9.21. The molecule has 0 aliphatic heterocycles. The molecule has 0 aromatic heterocycles. The van der Waals surface area contributed by atoms with Crippen LogP contribution in [0.5, 0.6) is 0 Å². The van der Waals surface area contributed by atoms with Crippen LogP contribution in [-0.2, 0) is 14.5 Å². The Morgan fingerprint density at radius 2 is 0.606 bits per heavy atom. The molecule has 0 atom stereocenters. The van der Waals surface area contributed by atoms with Crippen LogP contribution >= 0.6 is 14.3 Å². The smallest absolute Gasteiger partial charge is 0.171 e. The number of benzene rings is 8. The first-order valence-corrected chi connectivity index (χ1v) is 30.1. The molecule has 0 bridgehead atoms. The van der Waals surface area contributed by atoms with Crippen LogP contribution in [0.2, 0.25) is 0 Å². The molecule has 8 aromatic carbocycles. The summed E-state index contributed by atoms with van der Waals surface area (Å²) in [5, 5.41) is 5.07. The quantitative estimate of drug-likeness (QED) is 0.0501. The highest BCUT2D eigenvalue weighted by Crippen LogP contribution is 2.57. The molecule has 0 saturated heterocycles. The van der Waals surface area contributed by atoms with Crippen molar-refractivity contribution in [3.8, 4) is 33.4 Å². The number of hydrogen-bond donors (Lipinski definition) is 0. The lowest BCUT2D eigenvalue weighted by Crippen LogP contribution is -2.26. The summed E-state index contributed by atoms with van der Waals surface area (Å²) >= 11 is 0. The average Bonchev–Trinajstić information content (AvgIpc) is 3.67. The Labute approximate surface area is 425 Å². The van der Waals surface area contributed by atoms with Crippen molar-refractivity contribution in [1.82, 2.24) is 0 Å². The van der Waals surface area contributed by atoms with E-state index in [0.29, 0.717) is 0 Å². The standard InChI is InChI=1S/C67H72O2P2/c1-5-7-9-11-13-27-45-67(46-28-14-12-10-8-6-2)65-47-51(3)61(53-37-41-59(42-38-53)70(68,55-29-19-15-20-30-55)56-31-21-16-22-32-56)49-63(65)64-50-62(52(4)48-66(64)67)54-39-43-60(44-40-54)71(69,57-33-23-17-24-34-57)58-35-25-18-26-36-58/h15-26,29-44,47-50H,5-14,27-28,45-46H2,1-4H3. The van der Waals surface area contributed by atoms with E-state index in [1.54, 1.807) is 0 Å². The third-order valence-electron chi connectivity index (χ3n) is 15.5. The summed E-state index contributed by atoms with van der Waals surface area (Å²) in [6, 6.07) is 67.2. The van der Waals surface area contributed by atoms with Gasteiger partial charge in [-0.1, -0.05) is 273 Å². The van der Waals surface area contributed by atoms with Crippen molar-refractivity contribution in [3.05, 3.63) is 216 Å². The fraction of sp³-hybridized carbons (Fsp3) is 0.284. The van der Waals surface area contributed by atoms with Crippen LogP contribution in [-0.4, -0.2) is 0 Å². The van der Waals surface area contributed by atoms with Crippen molar-refractivity contribution in [2.45, 2.75) is 123 Å². The molecule has 0 saturated carbocycles. The van der Waals surface area contributed by atoms with Gasteiger partial charge in [0.05, 0.1) is 0 Å². The lowest BCUT2D eigenvalue weighted by molar-refractivity contribution is 0.397. The summed E-state index contributed by atoms with van der Waals surface area (Å²) < 4.78 is 30.7. The second kappa shape index (κ2) is 22.7. The third-order valence-corrected chi connectivity index (χ3v) is 21.7. The van der Waals surface area contributed by atoms with Crippen LogP contribution in [0.3, 0.4) is 0 Å². The maximum atomic E-state index is 15.4. The number of rotatable bonds is 22. The number of unbranched alkanes of at least 4 members (excludes halogenated alkanes) is 10. The molecular formula is C67H72O2P2. The fourth-order valence-electron chi connectivity index (χ4n) is 11.6. The zero-order valence-corrected chi connectivity index (χ0v) is 44.4. The molecule has 0 fully saturated rings. The van der Waals surface area contributed by atoms with E-state index in [-0.39, 0.29) is 5.41 Å². The van der Waals surface area contributed by atoms with Crippen LogP contribution in [0.15, 0.2) is 194 Å². The molecule has 4 heteroatoms. The summed E-state index contributed by atoms with van der Waals surface area (Å²) in [7, 11) is -6.23. The zero-order chi connectivity index (χ0) is 49.3. The van der Waals surface area contributed by atoms with Gasteiger partial charge < -0.3 is 9.13 Å². The van der Waals surface area contributed by atoms with E-state index in [1.807, 2.05) is 121 Å². The minimum Gasteiger partial charge on any atom is -0.309 e. The Balaban J connectivity index is 1.15. The Morgan fingerprint density at radius 1 is 0.324 bits per heavy atom. The molecule has 2 nitrogen and oxygen atoms in total. The first kappa shape index (κ1) is 50.2. The summed E-state index contributed by atoms with van der Waals surface area (Å²) in [4.78, 5) is 0. The van der Waals surface area contributed by atoms with Gasteiger partial charge in [0.25, 0.3) is 0 Å². The minimum absolute atomic E-state index is 0.0729. The number of hydrogen-bond acceptors (Lipinski definition) is 2. The van der Waals surface area contributed by atoms with E-state index in [2.05, 4.69) is 100 Å². The normalized spacial score (nSPS) is 13.0. The highest BCUT2D eigenvalue weighted by atomic mass is 31.2. The van der Waals surface area contributed by atoms with E-state index in [4.69, 9.17) is 0 Å². The van der Waals surface area contributed by atoms with Crippen LogP contribution < -0.4 is 31.8 Å². The maximum Gasteiger partial charge on any atom is 0.171 e. The molecule has 0 spiro atoms. The van der Waals surface area contributed by atoms with Gasteiger partial charge in [0.2, 0.25) is 0 Å². The summed E-state index contributed by atoms with van der Waals surface area (Å²) in [6.07, 6.45) is 17.6. The van der Waals surface area contributed by atoms with Gasteiger partial charge in [-0.25, -0.2) is 0 Å². The average molecular weight is 971 g/mol. The van der Waals surface area contributed by atoms with Gasteiger partial charge in [-0.15, -0.1) is 0 Å². The van der Waals surface area contributed by atoms with Crippen molar-refractivity contribution in [1.29, 1.82) is 0 Å². The SMILES string of the molecule is CCCCCCCCC1(CCCCCCCC)c2cc(C)c(-c3ccc(P(=O)(c4ccccc4)c4ccccc4)cc3)cc2-c2cc(-c3ccc(P(=O)(c4ccccc4)c4ccccc4)cc3)c(C)cc21. The Morgan fingerprint density at radius 3 is 0.915 bits per heavy atom. The molecule has 1 aliphatic carbocycles. The predicted octanol–water partition coefficient (Wildman–Crippen LogP) is 16.7. The van der Waals surface area contributed by atoms with Gasteiger partial charge >= 0.3 is 0 Å². The molecule has 0 unspecified atom stereocenters. The minimum atomic E-state index is -3.11. The lowest BCUT2D eigenvalue weighted by Gasteiger charge is -2.34.